The molecule has 2 fully saturated rings. The van der Waals surface area contributed by atoms with E-state index in [1.54, 1.807) is 0 Å². The van der Waals surface area contributed by atoms with E-state index < -0.39 is 0 Å². The summed E-state index contributed by atoms with van der Waals surface area (Å²) in [5.74, 6) is 2.50. The summed E-state index contributed by atoms with van der Waals surface area (Å²) in [5, 5.41) is 3.76. The molecule has 2 aliphatic rings. The summed E-state index contributed by atoms with van der Waals surface area (Å²) < 4.78 is 0. The predicted molar refractivity (Wildman–Crippen MR) is 68.6 cm³/mol. The van der Waals surface area contributed by atoms with Gasteiger partial charge in [-0.25, -0.2) is 0 Å². The Morgan fingerprint density at radius 2 is 2.20 bits per heavy atom. The molecule has 0 spiro atoms. The van der Waals surface area contributed by atoms with Crippen molar-refractivity contribution in [3.05, 3.63) is 0 Å². The van der Waals surface area contributed by atoms with Crippen LogP contribution in [-0.4, -0.2) is 47.6 Å². The van der Waals surface area contributed by atoms with Crippen LogP contribution in [0.3, 0.4) is 0 Å². The molecule has 0 amide bonds. The average molecular weight is 228 g/mol. The highest BCUT2D eigenvalue weighted by Crippen LogP contribution is 2.29. The number of nitrogens with zero attached hydrogens (tertiary/aromatic N) is 1. The van der Waals surface area contributed by atoms with E-state index in [1.807, 2.05) is 11.8 Å². The van der Waals surface area contributed by atoms with Crippen LogP contribution in [0.1, 0.15) is 33.1 Å². The standard InChI is InChI=1S/C12H24N2S/c1-3-15-9-10(2)13-11-6-7-14(8-11)12-4-5-12/h10-13H,3-9H2,1-2H3. The molecule has 2 nitrogen and oxygen atoms in total. The lowest BCUT2D eigenvalue weighted by molar-refractivity contribution is 0.315. The Morgan fingerprint density at radius 3 is 2.87 bits per heavy atom. The van der Waals surface area contributed by atoms with Crippen molar-refractivity contribution >= 4 is 11.8 Å². The van der Waals surface area contributed by atoms with Gasteiger partial charge in [-0.1, -0.05) is 6.92 Å². The van der Waals surface area contributed by atoms with Gasteiger partial charge in [-0.2, -0.15) is 11.8 Å². The van der Waals surface area contributed by atoms with Gasteiger partial charge in [-0.3, -0.25) is 4.90 Å². The Bertz CT molecular complexity index is 194. The van der Waals surface area contributed by atoms with Crippen molar-refractivity contribution in [1.29, 1.82) is 0 Å². The molecule has 2 unspecified atom stereocenters. The third-order valence-electron chi connectivity index (χ3n) is 3.38. The largest absolute Gasteiger partial charge is 0.309 e. The number of hydrogen-bond acceptors (Lipinski definition) is 3. The highest BCUT2D eigenvalue weighted by Gasteiger charge is 2.34. The molecule has 1 aliphatic heterocycles. The number of likely N-dealkylation sites (tertiary alicyclic amines) is 1. The average Bonchev–Trinajstić information content (AvgIpc) is 2.98. The first kappa shape index (κ1) is 11.7. The fourth-order valence-electron chi connectivity index (χ4n) is 2.44. The molecule has 1 saturated heterocycles. The van der Waals surface area contributed by atoms with Crippen molar-refractivity contribution in [3.8, 4) is 0 Å². The molecule has 2 atom stereocenters. The Morgan fingerprint density at radius 1 is 1.40 bits per heavy atom. The fourth-order valence-corrected chi connectivity index (χ4v) is 3.13. The third-order valence-corrected chi connectivity index (χ3v) is 4.52. The van der Waals surface area contributed by atoms with E-state index in [0.29, 0.717) is 6.04 Å². The van der Waals surface area contributed by atoms with Gasteiger partial charge in [0.1, 0.15) is 0 Å². The summed E-state index contributed by atoms with van der Waals surface area (Å²) in [5.41, 5.74) is 0. The molecule has 3 heteroatoms. The molecule has 0 bridgehead atoms. The monoisotopic (exact) mass is 228 g/mol. The summed E-state index contributed by atoms with van der Waals surface area (Å²) in [6.07, 6.45) is 4.26. The third kappa shape index (κ3) is 3.65. The lowest BCUT2D eigenvalue weighted by Crippen LogP contribution is -2.40. The molecule has 1 aliphatic carbocycles. The molecule has 1 saturated carbocycles. The Kier molecular flexibility index (Phi) is 4.35. The molecule has 15 heavy (non-hydrogen) atoms. The smallest absolute Gasteiger partial charge is 0.0210 e. The van der Waals surface area contributed by atoms with Crippen LogP contribution in [-0.2, 0) is 0 Å². The number of nitrogens with one attached hydrogen (secondary N) is 1. The maximum atomic E-state index is 3.76. The van der Waals surface area contributed by atoms with Gasteiger partial charge in [-0.05, 0) is 31.9 Å². The summed E-state index contributed by atoms with van der Waals surface area (Å²) >= 11 is 2.04. The zero-order valence-corrected chi connectivity index (χ0v) is 10.9. The molecule has 0 radical (unpaired) electrons. The highest BCUT2D eigenvalue weighted by molar-refractivity contribution is 7.99. The molecule has 0 aromatic carbocycles. The van der Waals surface area contributed by atoms with E-state index in [1.165, 1.54) is 43.9 Å². The predicted octanol–water partition coefficient (Wildman–Crippen LogP) is 1.95. The van der Waals surface area contributed by atoms with Crippen LogP contribution in [0.5, 0.6) is 0 Å². The second kappa shape index (κ2) is 5.55. The van der Waals surface area contributed by atoms with E-state index in [4.69, 9.17) is 0 Å². The van der Waals surface area contributed by atoms with Crippen molar-refractivity contribution < 1.29 is 0 Å². The Balaban J connectivity index is 1.62. The zero-order chi connectivity index (χ0) is 10.7. The van der Waals surface area contributed by atoms with Crippen LogP contribution in [0.25, 0.3) is 0 Å². The quantitative estimate of drug-likeness (QED) is 0.748. The molecule has 1 heterocycles. The van der Waals surface area contributed by atoms with Crippen LogP contribution in [0.4, 0.5) is 0 Å². The molecule has 0 aromatic rings. The minimum atomic E-state index is 0.680. The van der Waals surface area contributed by atoms with Gasteiger partial charge < -0.3 is 5.32 Å². The van der Waals surface area contributed by atoms with E-state index in [-0.39, 0.29) is 0 Å². The highest BCUT2D eigenvalue weighted by atomic mass is 32.2. The Labute approximate surface area is 98.2 Å². The molecule has 1 N–H and O–H groups in total. The number of thioether (sulfide) groups is 1. The topological polar surface area (TPSA) is 15.3 Å². The van der Waals surface area contributed by atoms with Crippen molar-refractivity contribution in [2.24, 2.45) is 0 Å². The first-order chi connectivity index (χ1) is 7.29. The maximum Gasteiger partial charge on any atom is 0.0210 e. The number of hydrogen-bond donors (Lipinski definition) is 1. The van der Waals surface area contributed by atoms with Gasteiger partial charge in [0.25, 0.3) is 0 Å². The SMILES string of the molecule is CCSCC(C)NC1CCN(C2CC2)C1. The molecular weight excluding hydrogens is 204 g/mol. The van der Waals surface area contributed by atoms with Crippen LogP contribution in [0.2, 0.25) is 0 Å². The minimum absolute atomic E-state index is 0.680. The fraction of sp³-hybridized carbons (Fsp3) is 1.00. The minimum Gasteiger partial charge on any atom is -0.309 e. The maximum absolute atomic E-state index is 3.76. The van der Waals surface area contributed by atoms with Gasteiger partial charge in [0.15, 0.2) is 0 Å². The lowest BCUT2D eigenvalue weighted by Gasteiger charge is -2.20. The second-order valence-corrected chi connectivity index (χ2v) is 6.26. The van der Waals surface area contributed by atoms with E-state index in [9.17, 15) is 0 Å². The molecule has 0 aromatic heterocycles. The molecule has 88 valence electrons. The second-order valence-electron chi connectivity index (χ2n) is 4.94. The zero-order valence-electron chi connectivity index (χ0n) is 10.0. The first-order valence-corrected chi connectivity index (χ1v) is 7.53. The summed E-state index contributed by atoms with van der Waals surface area (Å²) in [6.45, 7) is 7.19. The normalized spacial score (nSPS) is 29.6. The van der Waals surface area contributed by atoms with Crippen LogP contribution in [0.15, 0.2) is 0 Å². The van der Waals surface area contributed by atoms with E-state index in [2.05, 4.69) is 24.1 Å². The van der Waals surface area contributed by atoms with Gasteiger partial charge in [0.05, 0.1) is 0 Å². The van der Waals surface area contributed by atoms with Gasteiger partial charge in [0.2, 0.25) is 0 Å². The van der Waals surface area contributed by atoms with E-state index in [0.717, 1.165) is 12.1 Å². The van der Waals surface area contributed by atoms with Crippen LogP contribution < -0.4 is 5.32 Å². The summed E-state index contributed by atoms with van der Waals surface area (Å²) in [4.78, 5) is 2.68. The van der Waals surface area contributed by atoms with Crippen LogP contribution in [0, 0.1) is 0 Å². The van der Waals surface area contributed by atoms with Crippen molar-refractivity contribution in [2.75, 3.05) is 24.6 Å². The molecule has 2 rings (SSSR count). The van der Waals surface area contributed by atoms with Crippen molar-refractivity contribution in [2.45, 2.75) is 51.2 Å². The first-order valence-electron chi connectivity index (χ1n) is 6.37. The van der Waals surface area contributed by atoms with Gasteiger partial charge in [-0.15, -0.1) is 0 Å². The van der Waals surface area contributed by atoms with Crippen LogP contribution >= 0.6 is 11.8 Å². The summed E-state index contributed by atoms with van der Waals surface area (Å²) in [7, 11) is 0. The van der Waals surface area contributed by atoms with E-state index >= 15 is 0 Å². The van der Waals surface area contributed by atoms with Crippen molar-refractivity contribution in [3.63, 3.8) is 0 Å². The van der Waals surface area contributed by atoms with Gasteiger partial charge >= 0.3 is 0 Å². The van der Waals surface area contributed by atoms with Gasteiger partial charge in [0, 0.05) is 37.0 Å². The lowest BCUT2D eigenvalue weighted by atomic mass is 10.2. The Hall–Kier alpha value is 0.270. The number of rotatable bonds is 6. The summed E-state index contributed by atoms with van der Waals surface area (Å²) in [6, 6.07) is 2.40. The van der Waals surface area contributed by atoms with Crippen molar-refractivity contribution in [1.82, 2.24) is 10.2 Å². The molecular formula is C12H24N2S.